The first-order valence-corrected chi connectivity index (χ1v) is 7.00. The second kappa shape index (κ2) is 7.84. The SMILES string of the molecule is CCOC(=O)C(N)C(=O)N1CCCN(C(=O)CC)CC1. The summed E-state index contributed by atoms with van der Waals surface area (Å²) in [6.45, 7) is 5.68. The van der Waals surface area contributed by atoms with Crippen LogP contribution in [-0.2, 0) is 19.1 Å². The Kier molecular flexibility index (Phi) is 6.44. The van der Waals surface area contributed by atoms with E-state index in [2.05, 4.69) is 0 Å². The Hall–Kier alpha value is -1.63. The van der Waals surface area contributed by atoms with Gasteiger partial charge in [-0.1, -0.05) is 6.92 Å². The van der Waals surface area contributed by atoms with Crippen molar-refractivity contribution in [3.05, 3.63) is 0 Å². The fourth-order valence-electron chi connectivity index (χ4n) is 2.14. The minimum absolute atomic E-state index is 0.0778. The molecule has 0 aromatic heterocycles. The van der Waals surface area contributed by atoms with E-state index in [0.717, 1.165) is 0 Å². The number of rotatable bonds is 4. The highest BCUT2D eigenvalue weighted by atomic mass is 16.5. The topological polar surface area (TPSA) is 92.9 Å². The number of nitrogens with zero attached hydrogens (tertiary/aromatic N) is 2. The summed E-state index contributed by atoms with van der Waals surface area (Å²) >= 11 is 0. The summed E-state index contributed by atoms with van der Waals surface area (Å²) in [7, 11) is 0. The largest absolute Gasteiger partial charge is 0.464 e. The molecule has 1 aliphatic heterocycles. The number of carbonyl (C=O) groups excluding carboxylic acids is 3. The molecular formula is C13H23N3O4. The molecule has 7 heteroatoms. The predicted molar refractivity (Wildman–Crippen MR) is 72.7 cm³/mol. The lowest BCUT2D eigenvalue weighted by atomic mass is 10.2. The maximum absolute atomic E-state index is 12.1. The number of amides is 2. The molecule has 1 unspecified atom stereocenters. The average Bonchev–Trinajstić information content (AvgIpc) is 2.71. The second-order valence-corrected chi connectivity index (χ2v) is 4.64. The molecule has 1 aliphatic rings. The Labute approximate surface area is 119 Å². The Bertz CT molecular complexity index is 373. The first-order chi connectivity index (χ1) is 9.51. The predicted octanol–water partition coefficient (Wildman–Crippen LogP) is -0.652. The van der Waals surface area contributed by atoms with Crippen LogP contribution in [0.15, 0.2) is 0 Å². The lowest BCUT2D eigenvalue weighted by Crippen LogP contribution is -2.50. The van der Waals surface area contributed by atoms with Gasteiger partial charge in [0.2, 0.25) is 5.91 Å². The monoisotopic (exact) mass is 285 g/mol. The average molecular weight is 285 g/mol. The number of hydrogen-bond donors (Lipinski definition) is 1. The van der Waals surface area contributed by atoms with E-state index in [1.54, 1.807) is 11.8 Å². The Morgan fingerprint density at radius 1 is 1.10 bits per heavy atom. The van der Waals surface area contributed by atoms with Gasteiger partial charge in [0.15, 0.2) is 6.04 Å². The third-order valence-electron chi connectivity index (χ3n) is 3.27. The van der Waals surface area contributed by atoms with Crippen LogP contribution in [0.4, 0.5) is 0 Å². The molecular weight excluding hydrogens is 262 g/mol. The maximum Gasteiger partial charge on any atom is 0.332 e. The van der Waals surface area contributed by atoms with Gasteiger partial charge in [-0.05, 0) is 13.3 Å². The normalized spacial score (nSPS) is 17.4. The molecule has 7 nitrogen and oxygen atoms in total. The van der Waals surface area contributed by atoms with Crippen LogP contribution in [0.25, 0.3) is 0 Å². The zero-order chi connectivity index (χ0) is 15.1. The van der Waals surface area contributed by atoms with Crippen molar-refractivity contribution in [2.45, 2.75) is 32.7 Å². The van der Waals surface area contributed by atoms with E-state index in [0.29, 0.717) is 39.0 Å². The Morgan fingerprint density at radius 2 is 1.70 bits per heavy atom. The fraction of sp³-hybridized carbons (Fsp3) is 0.769. The van der Waals surface area contributed by atoms with Crippen molar-refractivity contribution < 1.29 is 19.1 Å². The van der Waals surface area contributed by atoms with Gasteiger partial charge in [-0.3, -0.25) is 9.59 Å². The van der Waals surface area contributed by atoms with Crippen LogP contribution in [-0.4, -0.2) is 66.4 Å². The lowest BCUT2D eigenvalue weighted by Gasteiger charge is -2.23. The van der Waals surface area contributed by atoms with Crippen molar-refractivity contribution in [2.75, 3.05) is 32.8 Å². The van der Waals surface area contributed by atoms with Gasteiger partial charge in [0, 0.05) is 32.6 Å². The summed E-state index contributed by atoms with van der Waals surface area (Å²) < 4.78 is 4.75. The minimum atomic E-state index is -1.27. The summed E-state index contributed by atoms with van der Waals surface area (Å²) in [4.78, 5) is 38.5. The zero-order valence-corrected chi connectivity index (χ0v) is 12.1. The van der Waals surface area contributed by atoms with E-state index < -0.39 is 17.9 Å². The van der Waals surface area contributed by atoms with Crippen molar-refractivity contribution >= 4 is 17.8 Å². The van der Waals surface area contributed by atoms with Crippen LogP contribution in [0.2, 0.25) is 0 Å². The standard InChI is InChI=1S/C13H23N3O4/c1-3-10(17)15-6-5-7-16(9-8-15)12(18)11(14)13(19)20-4-2/h11H,3-9,14H2,1-2H3. The molecule has 0 aromatic carbocycles. The van der Waals surface area contributed by atoms with Crippen LogP contribution >= 0.6 is 0 Å². The van der Waals surface area contributed by atoms with Gasteiger partial charge < -0.3 is 20.3 Å². The Balaban J connectivity index is 2.58. The Morgan fingerprint density at radius 3 is 2.30 bits per heavy atom. The molecule has 2 amide bonds. The molecule has 1 heterocycles. The number of carbonyl (C=O) groups is 3. The van der Waals surface area contributed by atoms with E-state index in [4.69, 9.17) is 10.5 Å². The second-order valence-electron chi connectivity index (χ2n) is 4.64. The van der Waals surface area contributed by atoms with Gasteiger partial charge in [0.1, 0.15) is 0 Å². The first kappa shape index (κ1) is 16.4. The van der Waals surface area contributed by atoms with Crippen LogP contribution in [0.3, 0.4) is 0 Å². The molecule has 0 bridgehead atoms. The van der Waals surface area contributed by atoms with Crippen molar-refractivity contribution in [3.63, 3.8) is 0 Å². The number of hydrogen-bond acceptors (Lipinski definition) is 5. The third kappa shape index (κ3) is 4.19. The quantitative estimate of drug-likeness (QED) is 0.547. The molecule has 1 rings (SSSR count). The highest BCUT2D eigenvalue weighted by Crippen LogP contribution is 2.06. The molecule has 114 valence electrons. The molecule has 0 radical (unpaired) electrons. The molecule has 1 fully saturated rings. The summed E-state index contributed by atoms with van der Waals surface area (Å²) in [5, 5.41) is 0. The molecule has 0 aliphatic carbocycles. The van der Waals surface area contributed by atoms with Crippen molar-refractivity contribution in [1.29, 1.82) is 0 Å². The molecule has 0 aromatic rings. The van der Waals surface area contributed by atoms with E-state index in [9.17, 15) is 14.4 Å². The van der Waals surface area contributed by atoms with Gasteiger partial charge in [-0.15, -0.1) is 0 Å². The fourth-order valence-corrected chi connectivity index (χ4v) is 2.14. The minimum Gasteiger partial charge on any atom is -0.464 e. The van der Waals surface area contributed by atoms with Crippen LogP contribution in [0.1, 0.15) is 26.7 Å². The molecule has 20 heavy (non-hydrogen) atoms. The van der Waals surface area contributed by atoms with Gasteiger partial charge in [0.25, 0.3) is 5.91 Å². The van der Waals surface area contributed by atoms with E-state index in [-0.39, 0.29) is 12.5 Å². The van der Waals surface area contributed by atoms with Crippen LogP contribution in [0.5, 0.6) is 0 Å². The van der Waals surface area contributed by atoms with E-state index >= 15 is 0 Å². The molecule has 1 saturated heterocycles. The lowest BCUT2D eigenvalue weighted by molar-refractivity contribution is -0.151. The van der Waals surface area contributed by atoms with Crippen molar-refractivity contribution in [2.24, 2.45) is 5.73 Å². The van der Waals surface area contributed by atoms with Crippen molar-refractivity contribution in [3.8, 4) is 0 Å². The molecule has 0 spiro atoms. The maximum atomic E-state index is 12.1. The van der Waals surface area contributed by atoms with E-state index in [1.807, 2.05) is 6.92 Å². The van der Waals surface area contributed by atoms with Gasteiger partial charge in [-0.2, -0.15) is 0 Å². The number of ether oxygens (including phenoxy) is 1. The van der Waals surface area contributed by atoms with Gasteiger partial charge in [0.05, 0.1) is 6.61 Å². The van der Waals surface area contributed by atoms with Gasteiger partial charge >= 0.3 is 5.97 Å². The summed E-state index contributed by atoms with van der Waals surface area (Å²) in [5.74, 6) is -1.06. The van der Waals surface area contributed by atoms with Gasteiger partial charge in [-0.25, -0.2) is 4.79 Å². The van der Waals surface area contributed by atoms with Crippen LogP contribution in [0, 0.1) is 0 Å². The summed E-state index contributed by atoms with van der Waals surface area (Å²) in [6.07, 6.45) is 1.14. The smallest absolute Gasteiger partial charge is 0.332 e. The molecule has 2 N–H and O–H groups in total. The van der Waals surface area contributed by atoms with E-state index in [1.165, 1.54) is 4.90 Å². The number of nitrogens with two attached hydrogens (primary N) is 1. The summed E-state index contributed by atoms with van der Waals surface area (Å²) in [6, 6.07) is -1.27. The molecule has 1 atom stereocenters. The van der Waals surface area contributed by atoms with Crippen molar-refractivity contribution in [1.82, 2.24) is 9.80 Å². The highest BCUT2D eigenvalue weighted by molar-refractivity contribution is 6.01. The zero-order valence-electron chi connectivity index (χ0n) is 12.1. The molecule has 0 saturated carbocycles. The highest BCUT2D eigenvalue weighted by Gasteiger charge is 2.29. The third-order valence-corrected chi connectivity index (χ3v) is 3.27. The van der Waals surface area contributed by atoms with Crippen LogP contribution < -0.4 is 5.73 Å². The summed E-state index contributed by atoms with van der Waals surface area (Å²) in [5.41, 5.74) is 5.60. The first-order valence-electron chi connectivity index (χ1n) is 7.00. The number of esters is 1.